The van der Waals surface area contributed by atoms with Gasteiger partial charge in [-0.2, -0.15) is 0 Å². The van der Waals surface area contributed by atoms with Crippen LogP contribution in [0.5, 0.6) is 5.75 Å². The van der Waals surface area contributed by atoms with Crippen LogP contribution in [0.25, 0.3) is 10.9 Å². The summed E-state index contributed by atoms with van der Waals surface area (Å²) < 4.78 is 38.7. The third kappa shape index (κ3) is 3.72. The molecule has 0 unspecified atom stereocenters. The highest BCUT2D eigenvalue weighted by molar-refractivity contribution is 7.90. The number of ether oxygens (including phenoxy) is 2. The van der Waals surface area contributed by atoms with Gasteiger partial charge in [0.1, 0.15) is 5.75 Å². The number of aryl methyl sites for hydroxylation is 1. The van der Waals surface area contributed by atoms with Crippen LogP contribution in [-0.2, 0) is 32.4 Å². The minimum absolute atomic E-state index is 0.211. The van der Waals surface area contributed by atoms with E-state index in [1.165, 1.54) is 11.1 Å². The summed E-state index contributed by atoms with van der Waals surface area (Å²) in [6.45, 7) is 0.558. The van der Waals surface area contributed by atoms with Gasteiger partial charge in [0.15, 0.2) is 0 Å². The van der Waals surface area contributed by atoms with E-state index in [0.29, 0.717) is 42.1 Å². The van der Waals surface area contributed by atoms with E-state index in [-0.39, 0.29) is 17.3 Å². The predicted octanol–water partition coefficient (Wildman–Crippen LogP) is 3.96. The number of methoxy groups -OCH3 is 1. The van der Waals surface area contributed by atoms with Crippen molar-refractivity contribution in [3.05, 3.63) is 58.7 Å². The summed E-state index contributed by atoms with van der Waals surface area (Å²) in [5.74, 6) is 0.406. The van der Waals surface area contributed by atoms with Gasteiger partial charge in [0, 0.05) is 28.9 Å². The quantitative estimate of drug-likeness (QED) is 0.550. The molecule has 0 saturated carbocycles. The Morgan fingerprint density at radius 1 is 1.21 bits per heavy atom. The molecule has 0 radical (unpaired) electrons. The van der Waals surface area contributed by atoms with E-state index >= 15 is 0 Å². The van der Waals surface area contributed by atoms with Crippen molar-refractivity contribution in [3.8, 4) is 5.75 Å². The lowest BCUT2D eigenvalue weighted by molar-refractivity contribution is -0.140. The van der Waals surface area contributed by atoms with Gasteiger partial charge in [-0.25, -0.2) is 12.4 Å². The normalized spacial score (nSPS) is 13.3. The van der Waals surface area contributed by atoms with Gasteiger partial charge in [-0.15, -0.1) is 0 Å². The van der Waals surface area contributed by atoms with Crippen molar-refractivity contribution >= 4 is 38.5 Å². The van der Waals surface area contributed by atoms with E-state index in [0.717, 1.165) is 16.7 Å². The first kappa shape index (κ1) is 19.8. The Balaban J connectivity index is 1.80. The molecule has 1 aromatic heterocycles. The summed E-state index contributed by atoms with van der Waals surface area (Å²) in [4.78, 5) is 11.7. The molecule has 29 heavy (non-hydrogen) atoms. The maximum atomic E-state index is 13.6. The Labute approximate surface area is 174 Å². The number of carbonyl (C=O) groups is 1. The van der Waals surface area contributed by atoms with E-state index in [1.54, 1.807) is 36.4 Å². The van der Waals surface area contributed by atoms with Gasteiger partial charge < -0.3 is 9.47 Å². The maximum Gasteiger partial charge on any atom is 0.305 e. The van der Waals surface area contributed by atoms with Gasteiger partial charge in [-0.05, 0) is 60.9 Å². The third-order valence-electron chi connectivity index (χ3n) is 5.03. The van der Waals surface area contributed by atoms with Gasteiger partial charge in [-0.3, -0.25) is 4.79 Å². The van der Waals surface area contributed by atoms with Gasteiger partial charge in [0.25, 0.3) is 10.0 Å². The lowest BCUT2D eigenvalue weighted by Gasteiger charge is -2.13. The average Bonchev–Trinajstić information content (AvgIpc) is 3.31. The Bertz CT molecular complexity index is 1200. The highest BCUT2D eigenvalue weighted by Gasteiger charge is 2.25. The first-order valence-corrected chi connectivity index (χ1v) is 11.1. The van der Waals surface area contributed by atoms with Crippen LogP contribution in [0.2, 0.25) is 5.02 Å². The molecule has 0 fully saturated rings. The first-order valence-electron chi connectivity index (χ1n) is 9.28. The van der Waals surface area contributed by atoms with Crippen molar-refractivity contribution in [1.29, 1.82) is 0 Å². The number of halogens is 1. The Morgan fingerprint density at radius 2 is 2.03 bits per heavy atom. The number of fused-ring (bicyclic) bond motifs is 2. The number of nitrogens with zero attached hydrogens (tertiary/aromatic N) is 1. The largest absolute Gasteiger partial charge is 0.493 e. The second-order valence-electron chi connectivity index (χ2n) is 6.91. The van der Waals surface area contributed by atoms with Crippen LogP contribution in [-0.4, -0.2) is 32.1 Å². The topological polar surface area (TPSA) is 74.6 Å². The van der Waals surface area contributed by atoms with Crippen LogP contribution < -0.4 is 4.74 Å². The van der Waals surface area contributed by atoms with Crippen molar-refractivity contribution in [2.24, 2.45) is 0 Å². The van der Waals surface area contributed by atoms with Crippen LogP contribution in [0.3, 0.4) is 0 Å². The van der Waals surface area contributed by atoms with Crippen LogP contribution in [0.15, 0.2) is 47.4 Å². The highest BCUT2D eigenvalue weighted by Crippen LogP contribution is 2.32. The zero-order valence-corrected chi connectivity index (χ0v) is 17.4. The van der Waals surface area contributed by atoms with Crippen LogP contribution in [0, 0.1) is 0 Å². The van der Waals surface area contributed by atoms with Gasteiger partial charge in [0.2, 0.25) is 0 Å². The lowest BCUT2D eigenvalue weighted by atomic mass is 10.2. The number of aromatic nitrogens is 1. The van der Waals surface area contributed by atoms with E-state index in [2.05, 4.69) is 4.74 Å². The molecule has 8 heteroatoms. The molecule has 0 spiro atoms. The predicted molar refractivity (Wildman–Crippen MR) is 110 cm³/mol. The molecule has 2 aromatic carbocycles. The number of benzene rings is 2. The van der Waals surface area contributed by atoms with Crippen molar-refractivity contribution < 1.29 is 22.7 Å². The Kier molecular flexibility index (Phi) is 5.27. The minimum atomic E-state index is -3.84. The molecule has 4 rings (SSSR count). The summed E-state index contributed by atoms with van der Waals surface area (Å²) in [5.41, 5.74) is 2.04. The van der Waals surface area contributed by atoms with Crippen LogP contribution >= 0.6 is 11.6 Å². The minimum Gasteiger partial charge on any atom is -0.493 e. The zero-order chi connectivity index (χ0) is 20.6. The van der Waals surface area contributed by atoms with Crippen molar-refractivity contribution in [3.63, 3.8) is 0 Å². The average molecular weight is 434 g/mol. The molecule has 1 aliphatic heterocycles. The molecule has 0 bridgehead atoms. The smallest absolute Gasteiger partial charge is 0.305 e. The van der Waals surface area contributed by atoms with Crippen LogP contribution in [0.4, 0.5) is 0 Å². The fourth-order valence-electron chi connectivity index (χ4n) is 3.62. The maximum absolute atomic E-state index is 13.6. The summed E-state index contributed by atoms with van der Waals surface area (Å²) in [6.07, 6.45) is 1.79. The SMILES string of the molecule is COC(=O)CCCc1cc2cc(Cl)ccc2n1S(=O)(=O)c1ccc2c(c1)CCO2. The van der Waals surface area contributed by atoms with Crippen molar-refractivity contribution in [2.45, 2.75) is 30.6 Å². The van der Waals surface area contributed by atoms with E-state index in [1.807, 2.05) is 6.07 Å². The third-order valence-corrected chi connectivity index (χ3v) is 7.03. The summed E-state index contributed by atoms with van der Waals surface area (Å²) in [5, 5.41) is 1.27. The lowest BCUT2D eigenvalue weighted by Crippen LogP contribution is -2.16. The van der Waals surface area contributed by atoms with Crippen molar-refractivity contribution in [2.75, 3.05) is 13.7 Å². The van der Waals surface area contributed by atoms with Gasteiger partial charge in [0.05, 0.1) is 24.1 Å². The second kappa shape index (κ2) is 7.72. The molecule has 2 heterocycles. The molecule has 0 amide bonds. The summed E-state index contributed by atoms with van der Waals surface area (Å²) in [6, 6.07) is 11.9. The molecule has 0 N–H and O–H groups in total. The number of esters is 1. The molecule has 6 nitrogen and oxygen atoms in total. The number of hydrogen-bond acceptors (Lipinski definition) is 5. The van der Waals surface area contributed by atoms with E-state index in [9.17, 15) is 13.2 Å². The summed E-state index contributed by atoms with van der Waals surface area (Å²) >= 11 is 6.11. The summed E-state index contributed by atoms with van der Waals surface area (Å²) in [7, 11) is -2.51. The second-order valence-corrected chi connectivity index (χ2v) is 9.13. The highest BCUT2D eigenvalue weighted by atomic mass is 35.5. The molecule has 3 aromatic rings. The Morgan fingerprint density at radius 3 is 2.83 bits per heavy atom. The number of rotatable bonds is 6. The van der Waals surface area contributed by atoms with Crippen molar-refractivity contribution in [1.82, 2.24) is 3.97 Å². The van der Waals surface area contributed by atoms with E-state index < -0.39 is 10.0 Å². The van der Waals surface area contributed by atoms with Gasteiger partial charge in [-0.1, -0.05) is 11.6 Å². The molecule has 0 saturated heterocycles. The molecular weight excluding hydrogens is 414 g/mol. The first-order chi connectivity index (χ1) is 13.9. The van der Waals surface area contributed by atoms with E-state index in [4.69, 9.17) is 16.3 Å². The fourth-order valence-corrected chi connectivity index (χ4v) is 5.42. The number of carbonyl (C=O) groups excluding carboxylic acids is 1. The molecular formula is C21H20ClNO5S. The van der Waals surface area contributed by atoms with Crippen LogP contribution in [0.1, 0.15) is 24.1 Å². The van der Waals surface area contributed by atoms with Gasteiger partial charge >= 0.3 is 5.97 Å². The molecule has 0 atom stereocenters. The monoisotopic (exact) mass is 433 g/mol. The zero-order valence-electron chi connectivity index (χ0n) is 15.9. The Hall–Kier alpha value is -2.51. The molecule has 152 valence electrons. The fraction of sp³-hybridized carbons (Fsp3) is 0.286. The molecule has 0 aliphatic carbocycles. The molecule has 1 aliphatic rings. The standard InChI is InChI=1S/C21H20ClNO5S/c1-27-21(24)4-2-3-17-12-15-11-16(22)5-7-19(15)23(17)29(25,26)18-6-8-20-14(13-18)9-10-28-20/h5-8,11-13H,2-4,9-10H2,1H3. The number of hydrogen-bond donors (Lipinski definition) is 0.